The van der Waals surface area contributed by atoms with Gasteiger partial charge in [-0.2, -0.15) is 0 Å². The van der Waals surface area contributed by atoms with Crippen LogP contribution in [0.5, 0.6) is 0 Å². The summed E-state index contributed by atoms with van der Waals surface area (Å²) in [6.07, 6.45) is 0. The van der Waals surface area contributed by atoms with Crippen LogP contribution in [-0.4, -0.2) is 6.71 Å². The van der Waals surface area contributed by atoms with Crippen molar-refractivity contribution in [2.24, 2.45) is 0 Å². The van der Waals surface area contributed by atoms with Crippen molar-refractivity contribution < 1.29 is 0 Å². The van der Waals surface area contributed by atoms with Crippen LogP contribution >= 0.6 is 0 Å². The van der Waals surface area contributed by atoms with Crippen molar-refractivity contribution in [2.45, 2.75) is 105 Å². The van der Waals surface area contributed by atoms with Gasteiger partial charge in [0.25, 0.3) is 6.71 Å². The van der Waals surface area contributed by atoms with E-state index in [2.05, 4.69) is 293 Å². The van der Waals surface area contributed by atoms with Crippen LogP contribution in [-0.2, 0) is 21.7 Å². The van der Waals surface area contributed by atoms with Crippen molar-refractivity contribution in [3.8, 4) is 22.3 Å². The Bertz CT molecular complexity index is 4370. The molecule has 0 spiro atoms. The van der Waals surface area contributed by atoms with Gasteiger partial charge < -0.3 is 9.80 Å². The molecule has 81 heavy (non-hydrogen) atoms. The molecular formula is C78H69BN2. The summed E-state index contributed by atoms with van der Waals surface area (Å²) in [5.41, 5.74) is 21.0. The van der Waals surface area contributed by atoms with Gasteiger partial charge in [-0.25, -0.2) is 0 Å². The number of rotatable bonds is 4. The largest absolute Gasteiger partial charge is 0.311 e. The molecule has 394 valence electrons. The Hall–Kier alpha value is -8.40. The molecule has 0 unspecified atom stereocenters. The summed E-state index contributed by atoms with van der Waals surface area (Å²) in [5, 5.41) is 15.6. The highest BCUT2D eigenvalue weighted by Gasteiger charge is 2.47. The molecule has 0 saturated heterocycles. The zero-order valence-corrected chi connectivity index (χ0v) is 49.0. The number of anilines is 6. The fourth-order valence-electron chi connectivity index (χ4n) is 14.0. The first-order valence-corrected chi connectivity index (χ1v) is 29.3. The molecule has 0 N–H and O–H groups in total. The van der Waals surface area contributed by atoms with Crippen molar-refractivity contribution in [2.75, 3.05) is 9.80 Å². The number of hydrogen-bond donors (Lipinski definition) is 0. The molecule has 0 aliphatic carbocycles. The molecule has 2 nitrogen and oxygen atoms in total. The van der Waals surface area contributed by atoms with E-state index in [0.29, 0.717) is 0 Å². The molecule has 15 rings (SSSR count). The Balaban J connectivity index is 1.16. The lowest BCUT2D eigenvalue weighted by atomic mass is 9.32. The van der Waals surface area contributed by atoms with E-state index in [1.54, 1.807) is 0 Å². The predicted octanol–water partition coefficient (Wildman–Crippen LogP) is 20.1. The summed E-state index contributed by atoms with van der Waals surface area (Å²) in [4.78, 5) is 5.41. The normalized spacial score (nSPS) is 13.9. The van der Waals surface area contributed by atoms with Crippen LogP contribution in [0.1, 0.15) is 105 Å². The zero-order valence-electron chi connectivity index (χ0n) is 49.0. The standard InChI is InChI=1S/C78H69BN2/c1-75(2,3)56-40-57(76(4,5)6)43-60(42-56)80-64-36-53-30-28-49-20-16-22-51-32-34-62(70(53)68(49)51)72(64)79-73-63-35-33-52-23-17-21-50-29-31-54(71(63)69(50)52)37-65(73)81(61-44-58(77(7,8)9)41-59(45-61)78(10,11)12)67-39-55(38-66(80)74(67)79)48-26-24-47(25-27-48)46-18-14-13-15-19-46/h13-45H,1-12H3. The summed E-state index contributed by atoms with van der Waals surface area (Å²) in [7, 11) is 0. The molecule has 3 heteroatoms. The van der Waals surface area contributed by atoms with Crippen molar-refractivity contribution in [3.05, 3.63) is 222 Å². The van der Waals surface area contributed by atoms with Gasteiger partial charge in [0.1, 0.15) is 0 Å². The molecule has 2 aliphatic rings. The van der Waals surface area contributed by atoms with Crippen LogP contribution in [0.25, 0.3) is 86.9 Å². The van der Waals surface area contributed by atoms with Crippen molar-refractivity contribution in [1.82, 2.24) is 0 Å². The minimum atomic E-state index is -0.142. The Labute approximate surface area is 478 Å². The van der Waals surface area contributed by atoms with Crippen LogP contribution in [0.15, 0.2) is 200 Å². The highest BCUT2D eigenvalue weighted by atomic mass is 15.2. The molecule has 2 aliphatic heterocycles. The van der Waals surface area contributed by atoms with Crippen LogP contribution in [0.2, 0.25) is 0 Å². The van der Waals surface area contributed by atoms with Gasteiger partial charge in [0.15, 0.2) is 0 Å². The van der Waals surface area contributed by atoms with E-state index in [4.69, 9.17) is 0 Å². The van der Waals surface area contributed by atoms with Crippen molar-refractivity contribution in [3.63, 3.8) is 0 Å². The smallest absolute Gasteiger partial charge is 0.253 e. The molecular weight excluding hydrogens is 976 g/mol. The summed E-state index contributed by atoms with van der Waals surface area (Å²) < 4.78 is 0. The number of hydrogen-bond acceptors (Lipinski definition) is 2. The highest BCUT2D eigenvalue weighted by molar-refractivity contribution is 7.03. The average molecular weight is 1050 g/mol. The zero-order chi connectivity index (χ0) is 55.8. The molecule has 0 aromatic heterocycles. The summed E-state index contributed by atoms with van der Waals surface area (Å²) in [6.45, 7) is 28.3. The molecule has 0 bridgehead atoms. The van der Waals surface area contributed by atoms with Crippen molar-refractivity contribution >= 4 is 122 Å². The molecule has 0 fully saturated rings. The predicted molar refractivity (Wildman–Crippen MR) is 354 cm³/mol. The third-order valence-electron chi connectivity index (χ3n) is 18.4. The van der Waals surface area contributed by atoms with Gasteiger partial charge in [-0.3, -0.25) is 0 Å². The fourth-order valence-corrected chi connectivity index (χ4v) is 14.0. The van der Waals surface area contributed by atoms with Gasteiger partial charge in [-0.05, 0) is 196 Å². The van der Waals surface area contributed by atoms with Gasteiger partial charge >= 0.3 is 0 Å². The van der Waals surface area contributed by atoms with Crippen molar-refractivity contribution in [1.29, 1.82) is 0 Å². The maximum Gasteiger partial charge on any atom is 0.253 e. The fraction of sp³-hybridized carbons (Fsp3) is 0.205. The molecule has 0 saturated carbocycles. The van der Waals surface area contributed by atoms with E-state index in [1.165, 1.54) is 160 Å². The van der Waals surface area contributed by atoms with Crippen LogP contribution < -0.4 is 26.2 Å². The van der Waals surface area contributed by atoms with E-state index < -0.39 is 0 Å². The molecule has 0 amide bonds. The molecule has 2 heterocycles. The monoisotopic (exact) mass is 1040 g/mol. The molecule has 13 aromatic rings. The third-order valence-corrected chi connectivity index (χ3v) is 18.4. The molecule has 13 aromatic carbocycles. The van der Waals surface area contributed by atoms with Gasteiger partial charge in [0.2, 0.25) is 0 Å². The SMILES string of the molecule is CC(C)(C)c1cc(N2c3cc(-c4ccc(-c5ccccc5)cc4)cc4c3B(c3c2cc2ccc5cccc6ccc3c2c56)c2c(cc3ccc5cccc6ccc2c3c56)N4c2cc(C(C)(C)C)cc(C(C)(C)C)c2)cc(C(C)(C)C)c1. The first-order valence-electron chi connectivity index (χ1n) is 29.3. The number of nitrogens with zero attached hydrogens (tertiary/aromatic N) is 2. The lowest BCUT2D eigenvalue weighted by Crippen LogP contribution is -2.61. The number of fused-ring (bicyclic) bond motifs is 6. The Morgan fingerprint density at radius 3 is 0.975 bits per heavy atom. The minimum absolute atomic E-state index is 0.109. The van der Waals surface area contributed by atoms with Crippen LogP contribution in [0, 0.1) is 0 Å². The van der Waals surface area contributed by atoms with Crippen LogP contribution in [0.4, 0.5) is 34.1 Å². The van der Waals surface area contributed by atoms with Crippen LogP contribution in [0.3, 0.4) is 0 Å². The maximum absolute atomic E-state index is 2.71. The topological polar surface area (TPSA) is 6.48 Å². The maximum atomic E-state index is 2.71. The second-order valence-corrected chi connectivity index (χ2v) is 27.8. The average Bonchev–Trinajstić information content (AvgIpc) is 3.54. The first-order chi connectivity index (χ1) is 38.7. The third kappa shape index (κ3) is 7.60. The minimum Gasteiger partial charge on any atom is -0.311 e. The lowest BCUT2D eigenvalue weighted by molar-refractivity contribution is 0.568. The quantitative estimate of drug-likeness (QED) is 0.128. The van der Waals surface area contributed by atoms with E-state index in [-0.39, 0.29) is 28.4 Å². The number of benzene rings is 13. The van der Waals surface area contributed by atoms with Gasteiger partial charge in [-0.1, -0.05) is 235 Å². The van der Waals surface area contributed by atoms with E-state index >= 15 is 0 Å². The Morgan fingerprint density at radius 1 is 0.259 bits per heavy atom. The van der Waals surface area contributed by atoms with E-state index in [9.17, 15) is 0 Å². The second kappa shape index (κ2) is 17.1. The van der Waals surface area contributed by atoms with Gasteiger partial charge in [-0.15, -0.1) is 0 Å². The Kier molecular flexibility index (Phi) is 10.5. The summed E-state index contributed by atoms with van der Waals surface area (Å²) in [6, 6.07) is 78.3. The van der Waals surface area contributed by atoms with E-state index in [0.717, 1.165) is 0 Å². The van der Waals surface area contributed by atoms with Gasteiger partial charge in [0.05, 0.1) is 0 Å². The summed E-state index contributed by atoms with van der Waals surface area (Å²) in [5.74, 6) is 0. The first kappa shape index (κ1) is 49.6. The Morgan fingerprint density at radius 2 is 0.593 bits per heavy atom. The molecule has 0 radical (unpaired) electrons. The molecule has 0 atom stereocenters. The van der Waals surface area contributed by atoms with Gasteiger partial charge in [0, 0.05) is 34.1 Å². The second-order valence-electron chi connectivity index (χ2n) is 27.8. The summed E-state index contributed by atoms with van der Waals surface area (Å²) >= 11 is 0. The lowest BCUT2D eigenvalue weighted by Gasteiger charge is -2.46. The van der Waals surface area contributed by atoms with E-state index in [1.807, 2.05) is 0 Å². The highest BCUT2D eigenvalue weighted by Crippen LogP contribution is 2.52.